The van der Waals surface area contributed by atoms with Crippen molar-refractivity contribution in [3.8, 4) is 0 Å². The van der Waals surface area contributed by atoms with E-state index in [1.165, 1.54) is 0 Å². The normalized spacial score (nSPS) is 21.0. The van der Waals surface area contributed by atoms with Crippen molar-refractivity contribution in [3.63, 3.8) is 0 Å². The largest absolute Gasteiger partial charge is 0.398 e. The van der Waals surface area contributed by atoms with E-state index in [4.69, 9.17) is 5.11 Å². The Bertz CT molecular complexity index is 218. The average Bonchev–Trinajstić information content (AvgIpc) is 2.23. The number of ether oxygens (including phenoxy) is 2. The second-order valence-electron chi connectivity index (χ2n) is 2.99. The van der Waals surface area contributed by atoms with Crippen molar-refractivity contribution in [2.75, 3.05) is 6.61 Å². The van der Waals surface area contributed by atoms with Gasteiger partial charge >= 0.3 is 17.9 Å². The molecule has 0 spiro atoms. The lowest BCUT2D eigenvalue weighted by Gasteiger charge is -2.24. The Kier molecular flexibility index (Phi) is 3.43. The number of rotatable bonds is 3. The molecule has 0 bridgehead atoms. The average molecular weight is 204 g/mol. The maximum absolute atomic E-state index is 10.9. The molecule has 1 aliphatic rings. The number of aliphatic hydroxyl groups is 2. The molecule has 0 unspecified atom stereocenters. The maximum Gasteiger partial charge on any atom is 0.373 e. The zero-order valence-corrected chi connectivity index (χ0v) is 7.56. The third-order valence-corrected chi connectivity index (χ3v) is 1.73. The lowest BCUT2D eigenvalue weighted by Crippen LogP contribution is -2.37. The third kappa shape index (κ3) is 2.97. The minimum Gasteiger partial charge on any atom is -0.398 e. The summed E-state index contributed by atoms with van der Waals surface area (Å²) in [6.45, 7) is -0.183. The monoisotopic (exact) mass is 204 g/mol. The molecule has 0 saturated carbocycles. The van der Waals surface area contributed by atoms with Gasteiger partial charge in [0.1, 0.15) is 0 Å². The van der Waals surface area contributed by atoms with Gasteiger partial charge in [-0.3, -0.25) is 9.59 Å². The van der Waals surface area contributed by atoms with Crippen molar-refractivity contribution in [3.05, 3.63) is 0 Å². The Morgan fingerprint density at radius 2 is 1.71 bits per heavy atom. The van der Waals surface area contributed by atoms with Gasteiger partial charge in [0.25, 0.3) is 0 Å². The highest BCUT2D eigenvalue weighted by atomic mass is 16.8. The molecule has 0 atom stereocenters. The Hall–Kier alpha value is -1.14. The second-order valence-corrected chi connectivity index (χ2v) is 2.99. The fourth-order valence-corrected chi connectivity index (χ4v) is 1.09. The highest BCUT2D eigenvalue weighted by Gasteiger charge is 2.38. The minimum atomic E-state index is -2.20. The molecule has 0 aromatic heterocycles. The maximum atomic E-state index is 10.9. The molecule has 6 nitrogen and oxygen atoms in total. The fourth-order valence-electron chi connectivity index (χ4n) is 1.09. The van der Waals surface area contributed by atoms with E-state index in [1.807, 2.05) is 0 Å². The topological polar surface area (TPSA) is 93.1 Å². The molecular weight excluding hydrogens is 192 g/mol. The standard InChI is InChI=1S/C8H12O6/c9-5-1-4-8(12)13-6(10)2-3-7(11)14-8/h9,12H,1-5H2. The van der Waals surface area contributed by atoms with Gasteiger partial charge in [0.15, 0.2) is 0 Å². The predicted molar refractivity (Wildman–Crippen MR) is 42.7 cm³/mol. The summed E-state index contributed by atoms with van der Waals surface area (Å²) in [5.74, 6) is -3.57. The van der Waals surface area contributed by atoms with Crippen LogP contribution in [0.4, 0.5) is 0 Å². The smallest absolute Gasteiger partial charge is 0.373 e. The van der Waals surface area contributed by atoms with Crippen LogP contribution in [0.15, 0.2) is 0 Å². The fraction of sp³-hybridized carbons (Fsp3) is 0.750. The van der Waals surface area contributed by atoms with E-state index in [9.17, 15) is 14.7 Å². The molecule has 1 heterocycles. The van der Waals surface area contributed by atoms with Crippen LogP contribution in [0.25, 0.3) is 0 Å². The highest BCUT2D eigenvalue weighted by Crippen LogP contribution is 2.22. The van der Waals surface area contributed by atoms with Crippen molar-refractivity contribution < 1.29 is 29.3 Å². The van der Waals surface area contributed by atoms with E-state index in [0.29, 0.717) is 0 Å². The summed E-state index contributed by atoms with van der Waals surface area (Å²) in [6, 6.07) is 0. The summed E-state index contributed by atoms with van der Waals surface area (Å²) in [5.41, 5.74) is 0. The molecular formula is C8H12O6. The van der Waals surface area contributed by atoms with Crippen molar-refractivity contribution in [1.82, 2.24) is 0 Å². The van der Waals surface area contributed by atoms with Gasteiger partial charge in [0.2, 0.25) is 0 Å². The molecule has 1 aliphatic heterocycles. The highest BCUT2D eigenvalue weighted by molar-refractivity contribution is 5.79. The van der Waals surface area contributed by atoms with Crippen molar-refractivity contribution >= 4 is 11.9 Å². The van der Waals surface area contributed by atoms with Gasteiger partial charge < -0.3 is 19.7 Å². The number of cyclic esters (lactones) is 2. The second kappa shape index (κ2) is 4.39. The first-order valence-corrected chi connectivity index (χ1v) is 4.33. The minimum absolute atomic E-state index is 0.0970. The molecule has 0 amide bonds. The molecule has 1 saturated heterocycles. The number of carbonyl (C=O) groups excluding carboxylic acids is 2. The van der Waals surface area contributed by atoms with E-state index in [1.54, 1.807) is 0 Å². The predicted octanol–water partition coefficient (Wildman–Crippen LogP) is -0.715. The van der Waals surface area contributed by atoms with E-state index < -0.39 is 17.9 Å². The Morgan fingerprint density at radius 3 is 2.14 bits per heavy atom. The van der Waals surface area contributed by atoms with Gasteiger partial charge in [-0.25, -0.2) is 0 Å². The summed E-state index contributed by atoms with van der Waals surface area (Å²) < 4.78 is 9.07. The van der Waals surface area contributed by atoms with E-state index >= 15 is 0 Å². The summed E-state index contributed by atoms with van der Waals surface area (Å²) in [5, 5.41) is 18.0. The number of hydrogen-bond donors (Lipinski definition) is 2. The van der Waals surface area contributed by atoms with Crippen LogP contribution >= 0.6 is 0 Å². The van der Waals surface area contributed by atoms with Gasteiger partial charge in [-0.15, -0.1) is 0 Å². The van der Waals surface area contributed by atoms with Crippen molar-refractivity contribution in [2.24, 2.45) is 0 Å². The molecule has 0 aromatic rings. The Morgan fingerprint density at radius 1 is 1.21 bits per heavy atom. The van der Waals surface area contributed by atoms with E-state index in [0.717, 1.165) is 0 Å². The molecule has 0 radical (unpaired) electrons. The zero-order chi connectivity index (χ0) is 10.6. The summed E-state index contributed by atoms with van der Waals surface area (Å²) in [6.07, 6.45) is -0.140. The first kappa shape index (κ1) is 10.9. The van der Waals surface area contributed by atoms with E-state index in [2.05, 4.69) is 9.47 Å². The lowest BCUT2D eigenvalue weighted by molar-refractivity contribution is -0.324. The van der Waals surface area contributed by atoms with Crippen LogP contribution in [0.3, 0.4) is 0 Å². The first-order chi connectivity index (χ1) is 6.56. The quantitative estimate of drug-likeness (QED) is 0.589. The van der Waals surface area contributed by atoms with Gasteiger partial charge in [-0.05, 0) is 6.42 Å². The first-order valence-electron chi connectivity index (χ1n) is 4.33. The van der Waals surface area contributed by atoms with Crippen molar-refractivity contribution in [1.29, 1.82) is 0 Å². The Labute approximate surface area is 80.4 Å². The molecule has 6 heteroatoms. The lowest BCUT2D eigenvalue weighted by atomic mass is 10.3. The molecule has 1 fully saturated rings. The summed E-state index contributed by atoms with van der Waals surface area (Å²) in [4.78, 5) is 21.9. The number of aliphatic hydroxyl groups excluding tert-OH is 1. The molecule has 0 aromatic carbocycles. The van der Waals surface area contributed by atoms with Crippen LogP contribution in [0.5, 0.6) is 0 Å². The van der Waals surface area contributed by atoms with Crippen molar-refractivity contribution in [2.45, 2.75) is 31.7 Å². The Balaban J connectivity index is 2.63. The van der Waals surface area contributed by atoms with E-state index in [-0.39, 0.29) is 32.3 Å². The zero-order valence-electron chi connectivity index (χ0n) is 7.56. The van der Waals surface area contributed by atoms with Crippen LogP contribution in [-0.4, -0.2) is 34.7 Å². The number of hydrogen-bond acceptors (Lipinski definition) is 6. The van der Waals surface area contributed by atoms with Gasteiger partial charge in [-0.2, -0.15) is 0 Å². The SMILES string of the molecule is O=C1CCC(=O)OC(O)(CCCO)O1. The molecule has 80 valence electrons. The van der Waals surface area contributed by atoms with Crippen LogP contribution < -0.4 is 0 Å². The molecule has 2 N–H and O–H groups in total. The summed E-state index contributed by atoms with van der Waals surface area (Å²) in [7, 11) is 0. The van der Waals surface area contributed by atoms with Gasteiger partial charge in [0, 0.05) is 6.61 Å². The van der Waals surface area contributed by atoms with Crippen LogP contribution in [0, 0.1) is 0 Å². The third-order valence-electron chi connectivity index (χ3n) is 1.73. The van der Waals surface area contributed by atoms with Gasteiger partial charge in [0.05, 0.1) is 19.3 Å². The van der Waals surface area contributed by atoms with Gasteiger partial charge in [-0.1, -0.05) is 0 Å². The number of carbonyl (C=O) groups is 2. The molecule has 1 rings (SSSR count). The summed E-state index contributed by atoms with van der Waals surface area (Å²) >= 11 is 0. The van der Waals surface area contributed by atoms with Crippen LogP contribution in [-0.2, 0) is 19.1 Å². The van der Waals surface area contributed by atoms with Crippen LogP contribution in [0.2, 0.25) is 0 Å². The molecule has 14 heavy (non-hydrogen) atoms. The van der Waals surface area contributed by atoms with Crippen LogP contribution in [0.1, 0.15) is 25.7 Å². The number of esters is 2. The molecule has 0 aliphatic carbocycles.